The molecule has 0 aromatic heterocycles. The second kappa shape index (κ2) is 7.65. The molecule has 0 bridgehead atoms. The van der Waals surface area contributed by atoms with E-state index in [0.29, 0.717) is 0 Å². The van der Waals surface area contributed by atoms with E-state index in [0.717, 1.165) is 51.3 Å². The molecule has 1 aromatic carbocycles. The van der Waals surface area contributed by atoms with Gasteiger partial charge < -0.3 is 10.2 Å². The van der Waals surface area contributed by atoms with Crippen molar-refractivity contribution >= 4 is 11.6 Å². The molecule has 1 aliphatic rings. The van der Waals surface area contributed by atoms with Gasteiger partial charge >= 0.3 is 0 Å². The minimum absolute atomic E-state index is 0.0165. The summed E-state index contributed by atoms with van der Waals surface area (Å²) in [5.41, 5.74) is 0.0165. The molecule has 4 nitrogen and oxygen atoms in total. The van der Waals surface area contributed by atoms with Crippen LogP contribution in [0.4, 0.5) is 14.5 Å². The highest BCUT2D eigenvalue weighted by atomic mass is 19.1. The Labute approximate surface area is 130 Å². The van der Waals surface area contributed by atoms with Gasteiger partial charge in [0.15, 0.2) is 0 Å². The molecule has 1 amide bonds. The number of nitrogens with one attached hydrogen (secondary N) is 1. The number of piperazine rings is 1. The van der Waals surface area contributed by atoms with E-state index >= 15 is 0 Å². The van der Waals surface area contributed by atoms with Gasteiger partial charge in [0.2, 0.25) is 5.91 Å². The number of carbonyl (C=O) groups is 1. The fourth-order valence-electron chi connectivity index (χ4n) is 2.68. The topological polar surface area (TPSA) is 35.6 Å². The Hall–Kier alpha value is -1.53. The van der Waals surface area contributed by atoms with Gasteiger partial charge in [0.05, 0.1) is 11.7 Å². The lowest BCUT2D eigenvalue weighted by Crippen LogP contribution is -2.52. The average molecular weight is 311 g/mol. The van der Waals surface area contributed by atoms with Gasteiger partial charge in [0, 0.05) is 32.2 Å². The molecule has 1 saturated heterocycles. The molecular formula is C16H23F2N3O. The van der Waals surface area contributed by atoms with Crippen LogP contribution in [0.5, 0.6) is 0 Å². The van der Waals surface area contributed by atoms with Crippen molar-refractivity contribution in [3.05, 3.63) is 29.8 Å². The van der Waals surface area contributed by atoms with Crippen LogP contribution in [0.25, 0.3) is 0 Å². The third kappa shape index (κ3) is 4.24. The van der Waals surface area contributed by atoms with Gasteiger partial charge in [-0.1, -0.05) is 6.92 Å². The van der Waals surface area contributed by atoms with Crippen molar-refractivity contribution < 1.29 is 13.6 Å². The Morgan fingerprint density at radius 3 is 2.55 bits per heavy atom. The zero-order valence-corrected chi connectivity index (χ0v) is 13.1. The summed E-state index contributed by atoms with van der Waals surface area (Å²) >= 11 is 0. The lowest BCUT2D eigenvalue weighted by Gasteiger charge is -2.37. The number of hydrogen-bond acceptors (Lipinski definition) is 3. The van der Waals surface area contributed by atoms with E-state index < -0.39 is 11.6 Å². The number of amides is 1. The number of benzene rings is 1. The third-order valence-electron chi connectivity index (χ3n) is 4.06. The predicted molar refractivity (Wildman–Crippen MR) is 82.8 cm³/mol. The molecule has 1 aromatic rings. The van der Waals surface area contributed by atoms with E-state index in [1.165, 1.54) is 6.07 Å². The Morgan fingerprint density at radius 2 is 1.95 bits per heavy atom. The van der Waals surface area contributed by atoms with Crippen LogP contribution in [0.15, 0.2) is 18.2 Å². The van der Waals surface area contributed by atoms with Crippen LogP contribution in [0.1, 0.15) is 20.3 Å². The van der Waals surface area contributed by atoms with Crippen LogP contribution in [-0.2, 0) is 4.79 Å². The van der Waals surface area contributed by atoms with Crippen molar-refractivity contribution in [2.75, 3.05) is 38.0 Å². The van der Waals surface area contributed by atoms with Gasteiger partial charge in [-0.05, 0) is 32.0 Å². The number of rotatable bonds is 5. The summed E-state index contributed by atoms with van der Waals surface area (Å²) in [6.07, 6.45) is 1.12. The van der Waals surface area contributed by atoms with Crippen molar-refractivity contribution in [1.29, 1.82) is 0 Å². The Morgan fingerprint density at radius 1 is 1.27 bits per heavy atom. The summed E-state index contributed by atoms with van der Waals surface area (Å²) in [7, 11) is 0. The molecule has 1 aliphatic heterocycles. The summed E-state index contributed by atoms with van der Waals surface area (Å²) in [4.78, 5) is 16.7. The molecule has 1 atom stereocenters. The van der Waals surface area contributed by atoms with Crippen molar-refractivity contribution in [3.63, 3.8) is 0 Å². The van der Waals surface area contributed by atoms with Crippen LogP contribution in [0.2, 0.25) is 0 Å². The van der Waals surface area contributed by atoms with Gasteiger partial charge in [-0.3, -0.25) is 9.69 Å². The Balaban J connectivity index is 1.90. The van der Waals surface area contributed by atoms with Crippen molar-refractivity contribution in [2.24, 2.45) is 0 Å². The first kappa shape index (κ1) is 16.8. The lowest BCUT2D eigenvalue weighted by atomic mass is 10.2. The van der Waals surface area contributed by atoms with Gasteiger partial charge in [0.1, 0.15) is 11.6 Å². The zero-order valence-electron chi connectivity index (χ0n) is 13.1. The van der Waals surface area contributed by atoms with E-state index in [1.54, 1.807) is 0 Å². The molecule has 1 N–H and O–H groups in total. The maximum absolute atomic E-state index is 13.6. The molecule has 1 heterocycles. The highest BCUT2D eigenvalue weighted by Crippen LogP contribution is 2.16. The summed E-state index contributed by atoms with van der Waals surface area (Å²) < 4.78 is 26.4. The quantitative estimate of drug-likeness (QED) is 0.906. The largest absolute Gasteiger partial charge is 0.322 e. The molecule has 122 valence electrons. The molecule has 6 heteroatoms. The normalized spacial score (nSPS) is 18.2. The first-order valence-electron chi connectivity index (χ1n) is 7.73. The molecular weight excluding hydrogens is 288 g/mol. The number of nitrogens with zero attached hydrogens (tertiary/aromatic N) is 2. The van der Waals surface area contributed by atoms with E-state index in [-0.39, 0.29) is 17.6 Å². The van der Waals surface area contributed by atoms with E-state index in [1.807, 2.05) is 6.92 Å². The highest BCUT2D eigenvalue weighted by Gasteiger charge is 2.25. The van der Waals surface area contributed by atoms with E-state index in [9.17, 15) is 13.6 Å². The van der Waals surface area contributed by atoms with Crippen LogP contribution in [0.3, 0.4) is 0 Å². The van der Waals surface area contributed by atoms with Gasteiger partial charge in [-0.2, -0.15) is 0 Å². The van der Waals surface area contributed by atoms with Crippen molar-refractivity contribution in [3.8, 4) is 0 Å². The SMILES string of the molecule is CCCN1CCN(C(C)C(=O)Nc2ccc(F)cc2F)CC1. The number of hydrogen-bond donors (Lipinski definition) is 1. The molecule has 0 saturated carbocycles. The lowest BCUT2D eigenvalue weighted by molar-refractivity contribution is -0.121. The monoisotopic (exact) mass is 311 g/mol. The fraction of sp³-hybridized carbons (Fsp3) is 0.562. The van der Waals surface area contributed by atoms with Crippen LogP contribution >= 0.6 is 0 Å². The molecule has 0 aliphatic carbocycles. The maximum atomic E-state index is 13.6. The number of carbonyl (C=O) groups excluding carboxylic acids is 1. The van der Waals surface area contributed by atoms with E-state index in [4.69, 9.17) is 0 Å². The second-order valence-electron chi connectivity index (χ2n) is 5.67. The Kier molecular flexibility index (Phi) is 5.85. The van der Waals surface area contributed by atoms with Gasteiger partial charge in [-0.15, -0.1) is 0 Å². The minimum atomic E-state index is -0.756. The smallest absolute Gasteiger partial charge is 0.241 e. The minimum Gasteiger partial charge on any atom is -0.322 e. The summed E-state index contributed by atoms with van der Waals surface area (Å²) in [5.74, 6) is -1.68. The zero-order chi connectivity index (χ0) is 16.1. The van der Waals surface area contributed by atoms with Crippen LogP contribution in [0, 0.1) is 11.6 Å². The number of anilines is 1. The van der Waals surface area contributed by atoms with Crippen molar-refractivity contribution in [1.82, 2.24) is 9.80 Å². The standard InChI is InChI=1S/C16H23F2N3O/c1-3-6-20-7-9-21(10-8-20)12(2)16(22)19-15-5-4-13(17)11-14(15)18/h4-5,11-12H,3,6-10H2,1-2H3,(H,19,22). The molecule has 0 radical (unpaired) electrons. The molecule has 1 fully saturated rings. The highest BCUT2D eigenvalue weighted by molar-refractivity contribution is 5.94. The van der Waals surface area contributed by atoms with Gasteiger partial charge in [0.25, 0.3) is 0 Å². The predicted octanol–water partition coefficient (Wildman–Crippen LogP) is 2.32. The van der Waals surface area contributed by atoms with Crippen LogP contribution in [-0.4, -0.2) is 54.5 Å². The second-order valence-corrected chi connectivity index (χ2v) is 5.67. The molecule has 0 spiro atoms. The third-order valence-corrected chi connectivity index (χ3v) is 4.06. The molecule has 2 rings (SSSR count). The van der Waals surface area contributed by atoms with Gasteiger partial charge in [-0.25, -0.2) is 8.78 Å². The first-order valence-corrected chi connectivity index (χ1v) is 7.73. The fourth-order valence-corrected chi connectivity index (χ4v) is 2.68. The first-order chi connectivity index (χ1) is 10.5. The summed E-state index contributed by atoms with van der Waals surface area (Å²) in [5, 5.41) is 2.53. The number of halogens is 2. The Bertz CT molecular complexity index is 516. The molecule has 1 unspecified atom stereocenters. The molecule has 22 heavy (non-hydrogen) atoms. The summed E-state index contributed by atoms with van der Waals surface area (Å²) in [6.45, 7) is 8.56. The van der Waals surface area contributed by atoms with Crippen LogP contribution < -0.4 is 5.32 Å². The summed E-state index contributed by atoms with van der Waals surface area (Å²) in [6, 6.07) is 2.80. The maximum Gasteiger partial charge on any atom is 0.241 e. The average Bonchev–Trinajstić information content (AvgIpc) is 2.50. The van der Waals surface area contributed by atoms with Crippen molar-refractivity contribution in [2.45, 2.75) is 26.3 Å². The van der Waals surface area contributed by atoms with E-state index in [2.05, 4.69) is 22.0 Å².